The third-order valence-electron chi connectivity index (χ3n) is 9.90. The summed E-state index contributed by atoms with van der Waals surface area (Å²) in [4.78, 5) is 0. The zero-order chi connectivity index (χ0) is 31.9. The van der Waals surface area contributed by atoms with Gasteiger partial charge in [-0.3, -0.25) is 0 Å². The molecule has 1 aliphatic rings. The number of benzene rings is 7. The summed E-state index contributed by atoms with van der Waals surface area (Å²) in [5, 5.41) is 29.3. The van der Waals surface area contributed by atoms with E-state index >= 15 is 0 Å². The molecule has 0 bridgehead atoms. The molecule has 0 fully saturated rings. The van der Waals surface area contributed by atoms with Gasteiger partial charge < -0.3 is 19.4 Å². The number of hydrogen-bond donors (Lipinski definition) is 1. The lowest BCUT2D eigenvalue weighted by atomic mass is 9.99. The molecule has 1 unspecified atom stereocenters. The number of quaternary nitrogens is 1. The summed E-state index contributed by atoms with van der Waals surface area (Å²) in [7, 11) is 0. The largest absolute Gasteiger partial charge is 0.623 e. The van der Waals surface area contributed by atoms with Gasteiger partial charge in [0.25, 0.3) is 0 Å². The number of nitriles is 1. The molecule has 224 valence electrons. The van der Waals surface area contributed by atoms with Crippen molar-refractivity contribution in [2.75, 3.05) is 0 Å². The highest BCUT2D eigenvalue weighted by molar-refractivity contribution is 6.16. The first-order chi connectivity index (χ1) is 23.7. The first kappa shape index (κ1) is 26.7. The molecule has 10 rings (SSSR count). The van der Waals surface area contributed by atoms with Crippen molar-refractivity contribution in [2.45, 2.75) is 0 Å². The maximum absolute atomic E-state index is 14.2. The highest BCUT2D eigenvalue weighted by Crippen LogP contribution is 2.46. The molecule has 5 nitrogen and oxygen atoms in total. The van der Waals surface area contributed by atoms with Crippen LogP contribution in [0.15, 0.2) is 152 Å². The van der Waals surface area contributed by atoms with Gasteiger partial charge >= 0.3 is 0 Å². The maximum Gasteiger partial charge on any atom is 0.169 e. The molecule has 1 N–H and O–H groups in total. The fraction of sp³-hybridized carbons (Fsp3) is 0. The topological polar surface area (TPSA) is 61.1 Å². The van der Waals surface area contributed by atoms with E-state index in [1.54, 1.807) is 0 Å². The van der Waals surface area contributed by atoms with Gasteiger partial charge in [-0.25, -0.2) is 0 Å². The van der Waals surface area contributed by atoms with Crippen LogP contribution in [0, 0.1) is 16.5 Å². The highest BCUT2D eigenvalue weighted by atomic mass is 16.5. The average molecular weight is 615 g/mol. The SMILES string of the molecule is N#Cc1cccc(-c2cccc(-n3c4ccccc4c4ccccc43)c2)c1-n1c2ccccc2c2ccc3c(c21)[NH+]([O-])c1ccccc1-3. The third kappa shape index (κ3) is 3.56. The van der Waals surface area contributed by atoms with E-state index in [4.69, 9.17) is 0 Å². The Morgan fingerprint density at radius 2 is 1.12 bits per heavy atom. The Morgan fingerprint density at radius 1 is 0.521 bits per heavy atom. The van der Waals surface area contributed by atoms with Crippen LogP contribution in [0.3, 0.4) is 0 Å². The van der Waals surface area contributed by atoms with Crippen molar-refractivity contribution >= 4 is 55.0 Å². The molecule has 48 heavy (non-hydrogen) atoms. The number of nitrogens with one attached hydrogen (secondary N) is 1. The van der Waals surface area contributed by atoms with Crippen LogP contribution >= 0.6 is 0 Å². The first-order valence-corrected chi connectivity index (χ1v) is 16.1. The third-order valence-corrected chi connectivity index (χ3v) is 9.90. The lowest BCUT2D eigenvalue weighted by molar-refractivity contribution is -0.692. The van der Waals surface area contributed by atoms with Crippen LogP contribution in [0.1, 0.15) is 5.56 Å². The molecule has 0 radical (unpaired) electrons. The minimum atomic E-state index is 0.0135. The smallest absolute Gasteiger partial charge is 0.169 e. The molecule has 0 aliphatic carbocycles. The minimum Gasteiger partial charge on any atom is -0.623 e. The van der Waals surface area contributed by atoms with Gasteiger partial charge in [-0.1, -0.05) is 97.1 Å². The molecule has 0 saturated heterocycles. The Labute approximate surface area is 275 Å². The second-order valence-corrected chi connectivity index (χ2v) is 12.3. The molecule has 2 aromatic heterocycles. The number of para-hydroxylation sites is 5. The van der Waals surface area contributed by atoms with Gasteiger partial charge in [-0.05, 0) is 54.1 Å². The maximum atomic E-state index is 14.2. The van der Waals surface area contributed by atoms with E-state index in [1.807, 2.05) is 48.5 Å². The Bertz CT molecular complexity index is 2780. The molecule has 1 aliphatic heterocycles. The molecule has 0 spiro atoms. The van der Waals surface area contributed by atoms with Crippen LogP contribution in [0.25, 0.3) is 77.2 Å². The standard InChI is InChI=1S/C43H26N4O/c44-26-28-12-10-18-30(27-11-9-13-29(25-27)45-37-19-5-1-14-31(37)32-15-2-6-20-38(32)45)41(28)46-39-21-7-3-16-33(39)35-23-24-36-34-17-4-8-22-40(34)47(48)43(36)42(35)46/h1-25,47H. The van der Waals surface area contributed by atoms with Crippen molar-refractivity contribution in [3.8, 4) is 39.7 Å². The molecule has 3 heterocycles. The average Bonchev–Trinajstić information content (AvgIpc) is 3.77. The zero-order valence-corrected chi connectivity index (χ0v) is 25.7. The summed E-state index contributed by atoms with van der Waals surface area (Å²) >= 11 is 0. The Balaban J connectivity index is 1.28. The fourth-order valence-corrected chi connectivity index (χ4v) is 7.92. The van der Waals surface area contributed by atoms with Crippen molar-refractivity contribution in [2.24, 2.45) is 0 Å². The fourth-order valence-electron chi connectivity index (χ4n) is 7.92. The second-order valence-electron chi connectivity index (χ2n) is 12.3. The van der Waals surface area contributed by atoms with Crippen LogP contribution in [0.5, 0.6) is 0 Å². The van der Waals surface area contributed by atoms with E-state index in [2.05, 4.69) is 118 Å². The van der Waals surface area contributed by atoms with Gasteiger partial charge in [0.1, 0.15) is 17.3 Å². The normalized spacial score (nSPS) is 13.7. The van der Waals surface area contributed by atoms with Gasteiger partial charge in [0.05, 0.1) is 33.4 Å². The molecule has 0 amide bonds. The lowest BCUT2D eigenvalue weighted by Gasteiger charge is -2.21. The van der Waals surface area contributed by atoms with E-state index in [1.165, 1.54) is 10.8 Å². The summed E-state index contributed by atoms with van der Waals surface area (Å²) in [5.41, 5.74) is 11.6. The van der Waals surface area contributed by atoms with E-state index < -0.39 is 0 Å². The molecular formula is C43H26N4O. The monoisotopic (exact) mass is 614 g/mol. The quantitative estimate of drug-likeness (QED) is 0.201. The van der Waals surface area contributed by atoms with E-state index in [0.29, 0.717) is 16.9 Å². The zero-order valence-electron chi connectivity index (χ0n) is 25.7. The minimum absolute atomic E-state index is 0.0135. The second kappa shape index (κ2) is 10.0. The Hall–Kier alpha value is -6.45. The van der Waals surface area contributed by atoms with Crippen LogP contribution < -0.4 is 5.06 Å². The summed E-state index contributed by atoms with van der Waals surface area (Å²) in [6.07, 6.45) is 0. The summed E-state index contributed by atoms with van der Waals surface area (Å²) in [6, 6.07) is 54.2. The molecule has 9 aromatic rings. The predicted molar refractivity (Wildman–Crippen MR) is 194 cm³/mol. The number of rotatable bonds is 3. The van der Waals surface area contributed by atoms with Gasteiger partial charge in [0.2, 0.25) is 0 Å². The van der Waals surface area contributed by atoms with E-state index in [9.17, 15) is 10.5 Å². The number of fused-ring (bicyclic) bond motifs is 10. The molecule has 1 atom stereocenters. The highest BCUT2D eigenvalue weighted by Gasteiger charge is 2.32. The van der Waals surface area contributed by atoms with Gasteiger partial charge in [-0.15, -0.1) is 0 Å². The van der Waals surface area contributed by atoms with Gasteiger partial charge in [0, 0.05) is 44.4 Å². The van der Waals surface area contributed by atoms with Crippen LogP contribution in [-0.4, -0.2) is 9.13 Å². The molecule has 0 saturated carbocycles. The van der Waals surface area contributed by atoms with Crippen molar-refractivity contribution in [3.05, 3.63) is 162 Å². The van der Waals surface area contributed by atoms with Gasteiger partial charge in [-0.2, -0.15) is 5.26 Å². The van der Waals surface area contributed by atoms with E-state index in [0.717, 1.165) is 66.5 Å². The summed E-state index contributed by atoms with van der Waals surface area (Å²) in [5.74, 6) is 0. The van der Waals surface area contributed by atoms with Crippen LogP contribution in [-0.2, 0) is 0 Å². The van der Waals surface area contributed by atoms with Crippen molar-refractivity contribution in [1.29, 1.82) is 5.26 Å². The molecule has 5 heteroatoms. The van der Waals surface area contributed by atoms with Crippen molar-refractivity contribution < 1.29 is 5.06 Å². The summed E-state index contributed by atoms with van der Waals surface area (Å²) < 4.78 is 4.47. The van der Waals surface area contributed by atoms with Gasteiger partial charge in [0.15, 0.2) is 5.69 Å². The number of hydrogen-bond acceptors (Lipinski definition) is 2. The van der Waals surface area contributed by atoms with Crippen LogP contribution in [0.2, 0.25) is 0 Å². The molecule has 7 aromatic carbocycles. The Morgan fingerprint density at radius 3 is 1.85 bits per heavy atom. The first-order valence-electron chi connectivity index (χ1n) is 16.1. The summed E-state index contributed by atoms with van der Waals surface area (Å²) in [6.45, 7) is 0. The Kier molecular flexibility index (Phi) is 5.58. The number of nitrogens with zero attached hydrogens (tertiary/aromatic N) is 3. The lowest BCUT2D eigenvalue weighted by Crippen LogP contribution is -2.95. The predicted octanol–water partition coefficient (Wildman–Crippen LogP) is 9.75. The number of aromatic nitrogens is 2. The molecular weight excluding hydrogens is 589 g/mol. The van der Waals surface area contributed by atoms with Crippen molar-refractivity contribution in [1.82, 2.24) is 9.13 Å². The van der Waals surface area contributed by atoms with E-state index in [-0.39, 0.29) is 5.06 Å². The van der Waals surface area contributed by atoms with Crippen LogP contribution in [0.4, 0.5) is 11.4 Å². The van der Waals surface area contributed by atoms with Crippen molar-refractivity contribution in [3.63, 3.8) is 0 Å².